The minimum atomic E-state index is -1.08. The van der Waals surface area contributed by atoms with Crippen molar-refractivity contribution < 1.29 is 19.1 Å². The number of amides is 2. The molecule has 3 atom stereocenters. The smallest absolute Gasteiger partial charge is 0.254 e. The number of methoxy groups -OCH3 is 2. The summed E-state index contributed by atoms with van der Waals surface area (Å²) in [5.41, 5.74) is 0.00591. The van der Waals surface area contributed by atoms with Gasteiger partial charge in [-0.05, 0) is 82.3 Å². The van der Waals surface area contributed by atoms with Crippen molar-refractivity contribution in [1.29, 1.82) is 0 Å². The predicted molar refractivity (Wildman–Crippen MR) is 151 cm³/mol. The molecule has 2 fully saturated rings. The first-order valence-corrected chi connectivity index (χ1v) is 14.0. The molecule has 2 aromatic carbocycles. The van der Waals surface area contributed by atoms with Crippen molar-refractivity contribution in [2.75, 3.05) is 39.2 Å². The second kappa shape index (κ2) is 12.4. The van der Waals surface area contributed by atoms with Gasteiger partial charge in [0.15, 0.2) is 0 Å². The van der Waals surface area contributed by atoms with Gasteiger partial charge in [0.2, 0.25) is 5.91 Å². The first-order valence-electron chi connectivity index (χ1n) is 13.6. The third-order valence-electron chi connectivity index (χ3n) is 8.36. The number of nitrogens with one attached hydrogen (secondary N) is 1. The number of carbonyl (C=O) groups excluding carboxylic acids is 2. The number of carbonyl (C=O) groups is 2. The van der Waals surface area contributed by atoms with Crippen LogP contribution in [-0.4, -0.2) is 67.0 Å². The van der Waals surface area contributed by atoms with E-state index in [1.807, 2.05) is 18.7 Å². The molecule has 0 unspecified atom stereocenters. The quantitative estimate of drug-likeness (QED) is 0.430. The number of hydrogen-bond donors (Lipinski definition) is 1. The van der Waals surface area contributed by atoms with E-state index in [-0.39, 0.29) is 11.8 Å². The number of halogens is 1. The van der Waals surface area contributed by atoms with Gasteiger partial charge < -0.3 is 24.6 Å². The molecule has 2 aliphatic rings. The summed E-state index contributed by atoms with van der Waals surface area (Å²) in [4.78, 5) is 32.5. The summed E-state index contributed by atoms with van der Waals surface area (Å²) >= 11 is 6.12. The molecule has 0 radical (unpaired) electrons. The van der Waals surface area contributed by atoms with Gasteiger partial charge in [-0.2, -0.15) is 0 Å². The van der Waals surface area contributed by atoms with Crippen LogP contribution in [0.15, 0.2) is 42.5 Å². The third-order valence-corrected chi connectivity index (χ3v) is 8.62. The lowest BCUT2D eigenvalue weighted by molar-refractivity contribution is -0.126. The van der Waals surface area contributed by atoms with E-state index in [4.69, 9.17) is 21.1 Å². The van der Waals surface area contributed by atoms with E-state index in [1.54, 1.807) is 56.7 Å². The summed E-state index contributed by atoms with van der Waals surface area (Å²) < 4.78 is 10.8. The maximum absolute atomic E-state index is 14.1. The fourth-order valence-electron chi connectivity index (χ4n) is 5.90. The molecular formula is C30H40ClN3O4. The molecule has 1 N–H and O–H groups in total. The van der Waals surface area contributed by atoms with Crippen LogP contribution in [0.2, 0.25) is 5.02 Å². The minimum absolute atomic E-state index is 0.155. The van der Waals surface area contributed by atoms with Gasteiger partial charge in [-0.25, -0.2) is 0 Å². The van der Waals surface area contributed by atoms with Crippen LogP contribution < -0.4 is 14.8 Å². The van der Waals surface area contributed by atoms with Crippen molar-refractivity contribution in [3.05, 3.63) is 53.1 Å². The number of benzene rings is 2. The molecule has 2 amide bonds. The van der Waals surface area contributed by atoms with E-state index in [2.05, 4.69) is 10.2 Å². The van der Waals surface area contributed by atoms with Crippen molar-refractivity contribution in [3.63, 3.8) is 0 Å². The molecule has 0 aliphatic carbocycles. The van der Waals surface area contributed by atoms with Gasteiger partial charge >= 0.3 is 0 Å². The van der Waals surface area contributed by atoms with Crippen molar-refractivity contribution in [2.45, 2.75) is 64.0 Å². The number of rotatable bonds is 9. The molecule has 2 heterocycles. The molecule has 0 aromatic heterocycles. The van der Waals surface area contributed by atoms with Crippen LogP contribution >= 0.6 is 11.6 Å². The monoisotopic (exact) mass is 541 g/mol. The van der Waals surface area contributed by atoms with Crippen LogP contribution in [0, 0.1) is 5.92 Å². The normalized spacial score (nSPS) is 21.1. The average molecular weight is 542 g/mol. The van der Waals surface area contributed by atoms with E-state index in [9.17, 15) is 9.59 Å². The molecule has 4 rings (SSSR count). The van der Waals surface area contributed by atoms with E-state index < -0.39 is 5.54 Å². The molecular weight excluding hydrogens is 502 g/mol. The van der Waals surface area contributed by atoms with Gasteiger partial charge in [0.1, 0.15) is 17.0 Å². The largest absolute Gasteiger partial charge is 0.497 e. The highest BCUT2D eigenvalue weighted by molar-refractivity contribution is 6.30. The summed E-state index contributed by atoms with van der Waals surface area (Å²) in [6.45, 7) is 6.60. The second-order valence-electron chi connectivity index (χ2n) is 10.6. The topological polar surface area (TPSA) is 71.1 Å². The summed E-state index contributed by atoms with van der Waals surface area (Å²) in [6, 6.07) is 12.6. The zero-order chi connectivity index (χ0) is 27.3. The van der Waals surface area contributed by atoms with Gasteiger partial charge in [-0.1, -0.05) is 24.9 Å². The average Bonchev–Trinajstić information content (AvgIpc) is 2.95. The second-order valence-corrected chi connectivity index (χ2v) is 11.0. The van der Waals surface area contributed by atoms with E-state index in [0.29, 0.717) is 52.7 Å². The highest BCUT2D eigenvalue weighted by Crippen LogP contribution is 2.35. The van der Waals surface area contributed by atoms with Crippen LogP contribution in [-0.2, 0) is 4.79 Å². The minimum Gasteiger partial charge on any atom is -0.497 e. The summed E-state index contributed by atoms with van der Waals surface area (Å²) in [6.07, 6.45) is 6.22. The van der Waals surface area contributed by atoms with Gasteiger partial charge in [-0.3, -0.25) is 9.59 Å². The zero-order valence-corrected chi connectivity index (χ0v) is 23.7. The lowest BCUT2D eigenvalue weighted by Gasteiger charge is -2.48. The standard InChI is InChI=1S/C30H40ClN3O4/c1-5-30(2,29(36)32-24-17-25(37-3)19-26(18-24)38-4)34(28(35)21-11-13-23(31)14-12-21)20-22-9-8-16-33-15-7-6-10-27(22)33/h11-14,17-19,22,27H,5-10,15-16,20H2,1-4H3,(H,32,36)/t22-,27+,30+/m1/s1. The molecule has 2 aliphatic heterocycles. The van der Waals surface area contributed by atoms with Crippen molar-refractivity contribution >= 4 is 29.1 Å². The number of ether oxygens (including phenoxy) is 2. The van der Waals surface area contributed by atoms with Crippen molar-refractivity contribution in [2.24, 2.45) is 5.92 Å². The van der Waals surface area contributed by atoms with Crippen LogP contribution in [0.1, 0.15) is 62.7 Å². The predicted octanol–water partition coefficient (Wildman–Crippen LogP) is 5.87. The fourth-order valence-corrected chi connectivity index (χ4v) is 6.03. The number of piperidine rings is 2. The zero-order valence-electron chi connectivity index (χ0n) is 23.0. The molecule has 7 nitrogen and oxygen atoms in total. The number of hydrogen-bond acceptors (Lipinski definition) is 5. The Balaban J connectivity index is 1.67. The Morgan fingerprint density at radius 3 is 2.32 bits per heavy atom. The Morgan fingerprint density at radius 1 is 1.03 bits per heavy atom. The SMILES string of the molecule is CC[C@@](C)(C(=O)Nc1cc(OC)cc(OC)c1)N(C[C@H]1CCCN2CCCC[C@@H]12)C(=O)c1ccc(Cl)cc1. The molecule has 0 spiro atoms. The summed E-state index contributed by atoms with van der Waals surface area (Å²) in [5, 5.41) is 3.62. The summed E-state index contributed by atoms with van der Waals surface area (Å²) in [7, 11) is 3.14. The first kappa shape index (κ1) is 28.2. The molecule has 2 aromatic rings. The lowest BCUT2D eigenvalue weighted by atomic mass is 9.81. The van der Waals surface area contributed by atoms with E-state index >= 15 is 0 Å². The molecule has 2 saturated heterocycles. The Morgan fingerprint density at radius 2 is 1.68 bits per heavy atom. The molecule has 206 valence electrons. The van der Waals surface area contributed by atoms with Crippen LogP contribution in [0.4, 0.5) is 5.69 Å². The van der Waals surface area contributed by atoms with Gasteiger partial charge in [-0.15, -0.1) is 0 Å². The Labute approximate surface area is 231 Å². The van der Waals surface area contributed by atoms with Crippen LogP contribution in [0.25, 0.3) is 0 Å². The maximum atomic E-state index is 14.1. The van der Waals surface area contributed by atoms with Crippen LogP contribution in [0.3, 0.4) is 0 Å². The highest BCUT2D eigenvalue weighted by Gasteiger charge is 2.44. The molecule has 0 saturated carbocycles. The van der Waals surface area contributed by atoms with Gasteiger partial charge in [0.05, 0.1) is 14.2 Å². The van der Waals surface area contributed by atoms with E-state index in [1.165, 1.54) is 12.8 Å². The molecule has 38 heavy (non-hydrogen) atoms. The lowest BCUT2D eigenvalue weighted by Crippen LogP contribution is -2.60. The Hall–Kier alpha value is -2.77. The van der Waals surface area contributed by atoms with Gasteiger partial charge in [0.25, 0.3) is 5.91 Å². The van der Waals surface area contributed by atoms with Crippen LogP contribution in [0.5, 0.6) is 11.5 Å². The van der Waals surface area contributed by atoms with E-state index in [0.717, 1.165) is 32.4 Å². The highest BCUT2D eigenvalue weighted by atomic mass is 35.5. The first-order chi connectivity index (χ1) is 18.3. The molecule has 8 heteroatoms. The Bertz CT molecular complexity index is 1100. The van der Waals surface area contributed by atoms with Gasteiger partial charge in [0, 0.05) is 47.1 Å². The number of fused-ring (bicyclic) bond motifs is 1. The summed E-state index contributed by atoms with van der Waals surface area (Å²) in [5.74, 6) is 1.07. The number of anilines is 1. The third kappa shape index (κ3) is 6.10. The number of nitrogens with zero attached hydrogens (tertiary/aromatic N) is 2. The van der Waals surface area contributed by atoms with Crippen molar-refractivity contribution in [3.8, 4) is 11.5 Å². The molecule has 0 bridgehead atoms. The van der Waals surface area contributed by atoms with Crippen molar-refractivity contribution in [1.82, 2.24) is 9.80 Å². The maximum Gasteiger partial charge on any atom is 0.254 e. The Kier molecular flexibility index (Phi) is 9.21. The fraction of sp³-hybridized carbons (Fsp3) is 0.533.